The number of amides is 1. The molecular weight excluding hydrogens is 554 g/mol. The van der Waals surface area contributed by atoms with Gasteiger partial charge in [0.2, 0.25) is 5.76 Å². The van der Waals surface area contributed by atoms with Gasteiger partial charge in [-0.2, -0.15) is 5.10 Å². The lowest BCUT2D eigenvalue weighted by Gasteiger charge is -2.08. The number of hydrogen-bond donors (Lipinski definition) is 1. The van der Waals surface area contributed by atoms with Crippen LogP contribution in [0, 0.1) is 10.1 Å². The number of hydrogen-bond acceptors (Lipinski definition) is 8. The molecule has 0 spiro atoms. The predicted molar refractivity (Wildman–Crippen MR) is 120 cm³/mol. The van der Waals surface area contributed by atoms with Crippen LogP contribution in [0.15, 0.2) is 73.3 Å². The maximum absolute atomic E-state index is 12.1. The molecule has 12 heteroatoms. The fraction of sp³-hybridized carbons (Fsp3) is 0.0500. The van der Waals surface area contributed by atoms with Gasteiger partial charge in [0, 0.05) is 22.2 Å². The number of furan rings is 1. The molecule has 32 heavy (non-hydrogen) atoms. The molecule has 10 nitrogen and oxygen atoms in total. The molecule has 1 aromatic heterocycles. The summed E-state index contributed by atoms with van der Waals surface area (Å²) >= 11 is 6.47. The molecule has 1 heterocycles. The van der Waals surface area contributed by atoms with E-state index in [1.54, 1.807) is 24.3 Å². The van der Waals surface area contributed by atoms with Gasteiger partial charge in [0.15, 0.2) is 6.61 Å². The number of non-ortho nitro benzene ring substituents is 1. The zero-order valence-corrected chi connectivity index (χ0v) is 19.2. The highest BCUT2D eigenvalue weighted by Crippen LogP contribution is 2.29. The highest BCUT2D eigenvalue weighted by Gasteiger charge is 2.14. The molecule has 0 bridgehead atoms. The summed E-state index contributed by atoms with van der Waals surface area (Å²) in [7, 11) is 0. The number of esters is 1. The van der Waals surface area contributed by atoms with Crippen molar-refractivity contribution in [3.05, 3.63) is 85.2 Å². The minimum Gasteiger partial charge on any atom is -0.483 e. The lowest BCUT2D eigenvalue weighted by Crippen LogP contribution is -2.24. The largest absolute Gasteiger partial charge is 0.483 e. The van der Waals surface area contributed by atoms with Crippen molar-refractivity contribution in [2.75, 3.05) is 6.61 Å². The highest BCUT2D eigenvalue weighted by atomic mass is 79.9. The summed E-state index contributed by atoms with van der Waals surface area (Å²) < 4.78 is 16.7. The van der Waals surface area contributed by atoms with Gasteiger partial charge in [-0.25, -0.2) is 10.2 Å². The van der Waals surface area contributed by atoms with Crippen molar-refractivity contribution in [2.24, 2.45) is 5.10 Å². The zero-order chi connectivity index (χ0) is 23.1. The van der Waals surface area contributed by atoms with Gasteiger partial charge in [-0.15, -0.1) is 0 Å². The summed E-state index contributed by atoms with van der Waals surface area (Å²) in [5.41, 5.74) is 2.59. The van der Waals surface area contributed by atoms with E-state index in [1.165, 1.54) is 36.7 Å². The predicted octanol–water partition coefficient (Wildman–Crippen LogP) is 4.46. The van der Waals surface area contributed by atoms with E-state index < -0.39 is 16.8 Å². The van der Waals surface area contributed by atoms with Gasteiger partial charge in [0.1, 0.15) is 11.5 Å². The summed E-state index contributed by atoms with van der Waals surface area (Å²) in [4.78, 5) is 34.3. The Morgan fingerprint density at radius 3 is 2.62 bits per heavy atom. The minimum atomic E-state index is -0.682. The van der Waals surface area contributed by atoms with Gasteiger partial charge in [0.25, 0.3) is 11.6 Å². The Bertz CT molecular complexity index is 1180. The molecule has 0 aliphatic rings. The lowest BCUT2D eigenvalue weighted by molar-refractivity contribution is -0.384. The number of hydrazone groups is 1. The van der Waals surface area contributed by atoms with Crippen LogP contribution < -0.4 is 14.9 Å². The quantitative estimate of drug-likeness (QED) is 0.140. The van der Waals surface area contributed by atoms with Gasteiger partial charge < -0.3 is 13.9 Å². The van der Waals surface area contributed by atoms with Crippen LogP contribution in [0.4, 0.5) is 5.69 Å². The van der Waals surface area contributed by atoms with E-state index in [9.17, 15) is 19.7 Å². The molecule has 1 N–H and O–H groups in total. The first kappa shape index (κ1) is 23.2. The van der Waals surface area contributed by atoms with Crippen molar-refractivity contribution in [1.29, 1.82) is 0 Å². The van der Waals surface area contributed by atoms with Crippen molar-refractivity contribution in [3.8, 4) is 11.5 Å². The third-order valence-corrected chi connectivity index (χ3v) is 4.89. The number of ether oxygens (including phenoxy) is 2. The standard InChI is InChI=1S/C20H13Br2N3O7/c21-13-3-5-16(32-20(27)18-2-1-7-30-18)12(8-13)10-23-24-19(26)11-31-17-6-4-14(25(28)29)9-15(17)22/h1-10H,11H2,(H,24,26)/b23-10-. The number of carbonyl (C=O) groups excluding carboxylic acids is 2. The van der Waals surface area contributed by atoms with Crippen LogP contribution in [0.2, 0.25) is 0 Å². The van der Waals surface area contributed by atoms with Crippen molar-refractivity contribution >= 4 is 55.6 Å². The molecule has 0 atom stereocenters. The third kappa shape index (κ3) is 6.25. The second-order valence-electron chi connectivity index (χ2n) is 6.00. The number of nitro benzene ring substituents is 1. The second kappa shape index (κ2) is 10.7. The molecule has 164 valence electrons. The van der Waals surface area contributed by atoms with Crippen LogP contribution in [0.1, 0.15) is 16.1 Å². The molecule has 0 aliphatic carbocycles. The van der Waals surface area contributed by atoms with Crippen molar-refractivity contribution in [2.45, 2.75) is 0 Å². The molecule has 2 aromatic carbocycles. The number of nitro groups is 1. The lowest BCUT2D eigenvalue weighted by atomic mass is 10.2. The zero-order valence-electron chi connectivity index (χ0n) is 16.0. The van der Waals surface area contributed by atoms with E-state index in [-0.39, 0.29) is 29.6 Å². The van der Waals surface area contributed by atoms with Gasteiger partial charge in [-0.1, -0.05) is 15.9 Å². The van der Waals surface area contributed by atoms with E-state index in [0.717, 1.165) is 0 Å². The Morgan fingerprint density at radius 2 is 1.94 bits per heavy atom. The molecule has 0 saturated carbocycles. The highest BCUT2D eigenvalue weighted by molar-refractivity contribution is 9.10. The average molecular weight is 567 g/mol. The second-order valence-corrected chi connectivity index (χ2v) is 7.77. The Balaban J connectivity index is 1.59. The first-order valence-electron chi connectivity index (χ1n) is 8.77. The molecule has 0 unspecified atom stereocenters. The molecule has 0 aliphatic heterocycles. The number of halogens is 2. The van der Waals surface area contributed by atoms with E-state index in [2.05, 4.69) is 42.4 Å². The normalized spacial score (nSPS) is 10.7. The molecular formula is C20H13Br2N3O7. The molecule has 1 amide bonds. The third-order valence-electron chi connectivity index (χ3n) is 3.77. The van der Waals surface area contributed by atoms with Crippen LogP contribution in [0.3, 0.4) is 0 Å². The Morgan fingerprint density at radius 1 is 1.16 bits per heavy atom. The SMILES string of the molecule is O=C(COc1ccc([N+](=O)[O-])cc1Br)N/N=C\c1cc(Br)ccc1OC(=O)c1ccco1. The van der Waals surface area contributed by atoms with Crippen LogP contribution in [-0.2, 0) is 4.79 Å². The average Bonchev–Trinajstić information content (AvgIpc) is 3.29. The van der Waals surface area contributed by atoms with Crippen LogP contribution >= 0.6 is 31.9 Å². The van der Waals surface area contributed by atoms with Crippen molar-refractivity contribution in [3.63, 3.8) is 0 Å². The minimum absolute atomic E-state index is 0.0404. The molecule has 3 rings (SSSR count). The number of nitrogens with zero attached hydrogens (tertiary/aromatic N) is 2. The molecule has 3 aromatic rings. The topological polar surface area (TPSA) is 133 Å². The molecule has 0 radical (unpaired) electrons. The van der Waals surface area contributed by atoms with E-state index in [4.69, 9.17) is 13.9 Å². The fourth-order valence-corrected chi connectivity index (χ4v) is 3.19. The first-order chi connectivity index (χ1) is 15.3. The smallest absolute Gasteiger partial charge is 0.379 e. The summed E-state index contributed by atoms with van der Waals surface area (Å²) in [5, 5.41) is 14.6. The summed E-state index contributed by atoms with van der Waals surface area (Å²) in [6, 6.07) is 11.8. The number of carbonyl (C=O) groups is 2. The molecule has 0 fully saturated rings. The van der Waals surface area contributed by atoms with Crippen molar-refractivity contribution < 1.29 is 28.4 Å². The summed E-state index contributed by atoms with van der Waals surface area (Å²) in [5.74, 6) is -0.750. The van der Waals surface area contributed by atoms with Gasteiger partial charge >= 0.3 is 5.97 Å². The fourth-order valence-electron chi connectivity index (χ4n) is 2.33. The first-order valence-corrected chi connectivity index (χ1v) is 10.4. The molecule has 0 saturated heterocycles. The Labute approximate surface area is 197 Å². The van der Waals surface area contributed by atoms with E-state index in [0.29, 0.717) is 14.5 Å². The van der Waals surface area contributed by atoms with Gasteiger partial charge in [-0.05, 0) is 52.3 Å². The summed E-state index contributed by atoms with van der Waals surface area (Å²) in [6.45, 7) is -0.382. The van der Waals surface area contributed by atoms with Gasteiger partial charge in [-0.3, -0.25) is 14.9 Å². The maximum atomic E-state index is 12.1. The Hall–Kier alpha value is -3.51. The Kier molecular flexibility index (Phi) is 7.73. The number of rotatable bonds is 8. The van der Waals surface area contributed by atoms with E-state index >= 15 is 0 Å². The number of benzene rings is 2. The van der Waals surface area contributed by atoms with Crippen LogP contribution in [0.25, 0.3) is 0 Å². The number of nitrogens with one attached hydrogen (secondary N) is 1. The monoisotopic (exact) mass is 565 g/mol. The van der Waals surface area contributed by atoms with Gasteiger partial charge in [0.05, 0.1) is 21.9 Å². The maximum Gasteiger partial charge on any atom is 0.379 e. The summed E-state index contributed by atoms with van der Waals surface area (Å²) in [6.07, 6.45) is 2.66. The van der Waals surface area contributed by atoms with E-state index in [1.807, 2.05) is 0 Å². The van der Waals surface area contributed by atoms with Crippen molar-refractivity contribution in [1.82, 2.24) is 5.43 Å². The van der Waals surface area contributed by atoms with Crippen LogP contribution in [0.5, 0.6) is 11.5 Å². The van der Waals surface area contributed by atoms with Crippen LogP contribution in [-0.4, -0.2) is 29.6 Å².